The molecule has 4 heteroatoms. The molecule has 0 aliphatic heterocycles. The van der Waals surface area contributed by atoms with E-state index in [9.17, 15) is 9.67 Å². The molecule has 0 radical (unpaired) electrons. The zero-order valence-electron chi connectivity index (χ0n) is 6.18. The molecule has 3 nitrogen and oxygen atoms in total. The van der Waals surface area contributed by atoms with E-state index in [1.54, 1.807) is 0 Å². The molecule has 1 aliphatic carbocycles. The molecule has 3 atom stereocenters. The summed E-state index contributed by atoms with van der Waals surface area (Å²) in [6.45, 7) is 0. The summed E-state index contributed by atoms with van der Waals surface area (Å²) < 4.78 is 10.5. The van der Waals surface area contributed by atoms with Crippen molar-refractivity contribution < 1.29 is 14.6 Å². The van der Waals surface area contributed by atoms with Crippen molar-refractivity contribution in [1.29, 1.82) is 0 Å². The Labute approximate surface area is 66.6 Å². The van der Waals surface area contributed by atoms with E-state index in [0.29, 0.717) is 0 Å². The van der Waals surface area contributed by atoms with Crippen LogP contribution in [0.25, 0.3) is 0 Å². The summed E-state index contributed by atoms with van der Waals surface area (Å²) in [5, 5.41) is 9.18. The standard InChI is InChI=1S/C7H11O3P/c8-7(11(9)10)6-4-2-1-3-5-6/h1-2,6-8H,3-5H2/p+1/t6-,7-/m1/s1. The van der Waals surface area contributed by atoms with Crippen LogP contribution in [0.15, 0.2) is 12.2 Å². The number of allylic oxidation sites excluding steroid dienone is 2. The molecule has 0 bridgehead atoms. The Hall–Kier alpha value is -0.240. The molecule has 1 unspecified atom stereocenters. The minimum atomic E-state index is -2.41. The molecule has 1 aliphatic rings. The molecule has 0 aromatic carbocycles. The van der Waals surface area contributed by atoms with E-state index in [1.165, 1.54) is 0 Å². The predicted octanol–water partition coefficient (Wildman–Crippen LogP) is 1.40. The maximum atomic E-state index is 10.5. The Morgan fingerprint density at radius 2 is 2.27 bits per heavy atom. The highest BCUT2D eigenvalue weighted by Crippen LogP contribution is 2.33. The molecule has 1 rings (SSSR count). The third kappa shape index (κ3) is 2.37. The molecule has 0 aromatic heterocycles. The van der Waals surface area contributed by atoms with Crippen molar-refractivity contribution >= 4 is 8.03 Å². The van der Waals surface area contributed by atoms with Crippen molar-refractivity contribution in [2.75, 3.05) is 0 Å². The van der Waals surface area contributed by atoms with Gasteiger partial charge in [0.15, 0.2) is 0 Å². The van der Waals surface area contributed by atoms with E-state index < -0.39 is 13.9 Å². The van der Waals surface area contributed by atoms with E-state index in [1.807, 2.05) is 12.2 Å². The topological polar surface area (TPSA) is 57.5 Å². The number of rotatable bonds is 2. The average Bonchev–Trinajstić information content (AvgIpc) is 2.05. The maximum Gasteiger partial charge on any atom is 0.537 e. The largest absolute Gasteiger partial charge is 0.537 e. The van der Waals surface area contributed by atoms with Crippen molar-refractivity contribution in [1.82, 2.24) is 0 Å². The molecular weight excluding hydrogens is 163 g/mol. The van der Waals surface area contributed by atoms with Crippen LogP contribution < -0.4 is 0 Å². The highest BCUT2D eigenvalue weighted by molar-refractivity contribution is 7.38. The molecular formula is C7H12O3P+. The van der Waals surface area contributed by atoms with Crippen LogP contribution in [0.1, 0.15) is 19.3 Å². The predicted molar refractivity (Wildman–Crippen MR) is 42.3 cm³/mol. The molecule has 0 heterocycles. The van der Waals surface area contributed by atoms with Crippen molar-refractivity contribution in [3.8, 4) is 0 Å². The summed E-state index contributed by atoms with van der Waals surface area (Å²) in [4.78, 5) is 8.61. The fraction of sp³-hybridized carbons (Fsp3) is 0.714. The van der Waals surface area contributed by atoms with Gasteiger partial charge in [-0.1, -0.05) is 12.2 Å². The molecule has 0 aromatic rings. The second kappa shape index (κ2) is 3.96. The van der Waals surface area contributed by atoms with Gasteiger partial charge in [-0.05, 0) is 23.8 Å². The summed E-state index contributed by atoms with van der Waals surface area (Å²) in [7, 11) is -2.41. The zero-order valence-corrected chi connectivity index (χ0v) is 7.08. The van der Waals surface area contributed by atoms with Crippen LogP contribution in [0.3, 0.4) is 0 Å². The SMILES string of the molecule is O=[P+](O)[C@@H](O)[C@@H]1CC=CCC1. The summed E-state index contributed by atoms with van der Waals surface area (Å²) in [5.74, 6) is -1.05. The highest BCUT2D eigenvalue weighted by atomic mass is 31.1. The van der Waals surface area contributed by atoms with Gasteiger partial charge in [-0.2, -0.15) is 4.89 Å². The van der Waals surface area contributed by atoms with Gasteiger partial charge < -0.3 is 5.11 Å². The van der Waals surface area contributed by atoms with E-state index in [0.717, 1.165) is 19.3 Å². The summed E-state index contributed by atoms with van der Waals surface area (Å²) in [6, 6.07) is 0. The molecule has 0 saturated heterocycles. The van der Waals surface area contributed by atoms with Gasteiger partial charge >= 0.3 is 8.03 Å². The molecule has 0 spiro atoms. The first-order chi connectivity index (χ1) is 5.22. The second-order valence-corrected chi connectivity index (χ2v) is 3.89. The number of hydrogen-bond acceptors (Lipinski definition) is 2. The maximum absolute atomic E-state index is 10.5. The van der Waals surface area contributed by atoms with Crippen molar-refractivity contribution in [3.05, 3.63) is 12.2 Å². The van der Waals surface area contributed by atoms with Crippen LogP contribution in [0, 0.1) is 5.92 Å². The van der Waals surface area contributed by atoms with Crippen LogP contribution in [-0.2, 0) is 4.57 Å². The van der Waals surface area contributed by atoms with Gasteiger partial charge in [0.05, 0.1) is 0 Å². The first kappa shape index (κ1) is 8.85. The van der Waals surface area contributed by atoms with E-state index in [-0.39, 0.29) is 5.92 Å². The van der Waals surface area contributed by atoms with E-state index >= 15 is 0 Å². The van der Waals surface area contributed by atoms with Gasteiger partial charge in [0.2, 0.25) is 0 Å². The third-order valence-corrected chi connectivity index (χ3v) is 2.83. The quantitative estimate of drug-likeness (QED) is 0.492. The number of aliphatic hydroxyl groups is 1. The van der Waals surface area contributed by atoms with Crippen LogP contribution >= 0.6 is 8.03 Å². The Bertz CT molecular complexity index is 179. The lowest BCUT2D eigenvalue weighted by atomic mass is 9.95. The van der Waals surface area contributed by atoms with Crippen molar-refractivity contribution in [2.45, 2.75) is 25.1 Å². The van der Waals surface area contributed by atoms with Gasteiger partial charge in [-0.25, -0.2) is 0 Å². The summed E-state index contributed by atoms with van der Waals surface area (Å²) in [6.07, 6.45) is 6.44. The summed E-state index contributed by atoms with van der Waals surface area (Å²) in [5.41, 5.74) is 0. The van der Waals surface area contributed by atoms with Crippen molar-refractivity contribution in [2.24, 2.45) is 5.92 Å². The Kier molecular flexibility index (Phi) is 3.18. The fourth-order valence-electron chi connectivity index (χ4n) is 1.27. The van der Waals surface area contributed by atoms with E-state index in [4.69, 9.17) is 4.89 Å². The van der Waals surface area contributed by atoms with Gasteiger partial charge in [0.25, 0.3) is 5.85 Å². The van der Waals surface area contributed by atoms with Gasteiger partial charge in [0.1, 0.15) is 0 Å². The zero-order chi connectivity index (χ0) is 8.27. The minimum absolute atomic E-state index is 0.0198. The molecule has 11 heavy (non-hydrogen) atoms. The van der Waals surface area contributed by atoms with Crippen molar-refractivity contribution in [3.63, 3.8) is 0 Å². The lowest BCUT2D eigenvalue weighted by molar-refractivity contribution is 0.164. The Morgan fingerprint density at radius 1 is 1.55 bits per heavy atom. The normalized spacial score (nSPS) is 28.2. The van der Waals surface area contributed by atoms with E-state index in [2.05, 4.69) is 0 Å². The second-order valence-electron chi connectivity index (χ2n) is 2.76. The Morgan fingerprint density at radius 3 is 2.73 bits per heavy atom. The summed E-state index contributed by atoms with van der Waals surface area (Å²) >= 11 is 0. The van der Waals surface area contributed by atoms with Crippen LogP contribution in [0.4, 0.5) is 0 Å². The molecule has 2 N–H and O–H groups in total. The first-order valence-electron chi connectivity index (χ1n) is 3.70. The molecule has 0 amide bonds. The first-order valence-corrected chi connectivity index (χ1v) is 4.98. The average molecular weight is 175 g/mol. The third-order valence-electron chi connectivity index (χ3n) is 1.96. The van der Waals surface area contributed by atoms with Gasteiger partial charge in [0, 0.05) is 5.92 Å². The minimum Gasteiger partial charge on any atom is -0.348 e. The van der Waals surface area contributed by atoms with Crippen LogP contribution in [0.5, 0.6) is 0 Å². The fourth-order valence-corrected chi connectivity index (χ4v) is 1.90. The molecule has 62 valence electrons. The number of hydrogen-bond donors (Lipinski definition) is 2. The lowest BCUT2D eigenvalue weighted by Crippen LogP contribution is -2.17. The van der Waals surface area contributed by atoms with Gasteiger partial charge in [-0.3, -0.25) is 0 Å². The van der Waals surface area contributed by atoms with Crippen LogP contribution in [-0.4, -0.2) is 15.8 Å². The molecule has 0 saturated carbocycles. The molecule has 0 fully saturated rings. The highest BCUT2D eigenvalue weighted by Gasteiger charge is 2.34. The monoisotopic (exact) mass is 175 g/mol. The lowest BCUT2D eigenvalue weighted by Gasteiger charge is -2.14. The number of aliphatic hydroxyl groups excluding tert-OH is 1. The Balaban J connectivity index is 2.46. The van der Waals surface area contributed by atoms with Crippen LogP contribution in [0.2, 0.25) is 0 Å². The smallest absolute Gasteiger partial charge is 0.348 e. The van der Waals surface area contributed by atoms with Gasteiger partial charge in [-0.15, -0.1) is 0 Å².